The number of nitrogens with zero attached hydrogens (tertiary/aromatic N) is 2. The predicted molar refractivity (Wildman–Crippen MR) is 104 cm³/mol. The van der Waals surface area contributed by atoms with Gasteiger partial charge >= 0.3 is 0 Å². The second-order valence-electron chi connectivity index (χ2n) is 8.85. The molecule has 0 aromatic rings. The van der Waals surface area contributed by atoms with E-state index < -0.39 is 0 Å². The van der Waals surface area contributed by atoms with Crippen LogP contribution in [0.1, 0.15) is 64.2 Å². The van der Waals surface area contributed by atoms with Crippen molar-refractivity contribution in [3.8, 4) is 0 Å². The zero-order chi connectivity index (χ0) is 16.5. The Balaban J connectivity index is 0.00000182. The van der Waals surface area contributed by atoms with Crippen molar-refractivity contribution < 1.29 is 4.79 Å². The molecule has 0 radical (unpaired) electrons. The molecule has 2 unspecified atom stereocenters. The number of hydrogen-bond acceptors (Lipinski definition) is 3. The molecule has 3 saturated carbocycles. The summed E-state index contributed by atoms with van der Waals surface area (Å²) < 4.78 is 0. The Morgan fingerprint density at radius 2 is 1.40 bits per heavy atom. The highest BCUT2D eigenvalue weighted by Crippen LogP contribution is 2.42. The van der Waals surface area contributed by atoms with Crippen molar-refractivity contribution >= 4 is 18.3 Å². The van der Waals surface area contributed by atoms with Crippen LogP contribution in [0.4, 0.5) is 0 Å². The highest BCUT2D eigenvalue weighted by molar-refractivity contribution is 5.85. The monoisotopic (exact) mass is 369 g/mol. The van der Waals surface area contributed by atoms with Crippen molar-refractivity contribution in [3.63, 3.8) is 0 Å². The second-order valence-corrected chi connectivity index (χ2v) is 8.85. The first-order valence-electron chi connectivity index (χ1n) is 10.5. The molecule has 1 aliphatic heterocycles. The Morgan fingerprint density at radius 1 is 0.800 bits per heavy atom. The lowest BCUT2D eigenvalue weighted by Gasteiger charge is -2.46. The Hall–Kier alpha value is -0.320. The molecule has 0 aromatic heterocycles. The van der Waals surface area contributed by atoms with Crippen LogP contribution in [0.3, 0.4) is 0 Å². The third kappa shape index (κ3) is 4.17. The molecule has 5 heteroatoms. The molecule has 3 aliphatic carbocycles. The van der Waals surface area contributed by atoms with Crippen LogP contribution in [-0.2, 0) is 4.79 Å². The van der Waals surface area contributed by atoms with E-state index in [0.717, 1.165) is 45.1 Å². The average molecular weight is 370 g/mol. The van der Waals surface area contributed by atoms with E-state index in [2.05, 4.69) is 9.80 Å². The third-order valence-corrected chi connectivity index (χ3v) is 7.48. The number of fused-ring (bicyclic) bond motifs is 2. The first-order valence-corrected chi connectivity index (χ1v) is 10.5. The Labute approximate surface area is 159 Å². The van der Waals surface area contributed by atoms with Crippen LogP contribution in [0.2, 0.25) is 0 Å². The standard InChI is InChI=1S/C20H35N3O.ClH/c21-19-15-5-4-6-16(19)14-17(13-15)20(24)23-11-9-22(10-12-23)18-7-2-1-3-8-18;/h15-19H,1-14,21H2;1H. The van der Waals surface area contributed by atoms with Gasteiger partial charge in [0.2, 0.25) is 5.91 Å². The predicted octanol–water partition coefficient (Wildman–Crippen LogP) is 3.04. The largest absolute Gasteiger partial charge is 0.340 e. The topological polar surface area (TPSA) is 49.6 Å². The molecule has 2 bridgehead atoms. The lowest BCUT2D eigenvalue weighted by molar-refractivity contribution is -0.140. The number of nitrogens with two attached hydrogens (primary N) is 1. The van der Waals surface area contributed by atoms with Crippen LogP contribution in [-0.4, -0.2) is 54.0 Å². The Morgan fingerprint density at radius 3 is 2.00 bits per heavy atom. The molecule has 2 N–H and O–H groups in total. The molecule has 2 atom stereocenters. The van der Waals surface area contributed by atoms with Crippen LogP contribution in [0.25, 0.3) is 0 Å². The van der Waals surface area contributed by atoms with Gasteiger partial charge in [-0.3, -0.25) is 9.69 Å². The van der Waals surface area contributed by atoms with E-state index in [9.17, 15) is 4.79 Å². The Kier molecular flexibility index (Phi) is 6.67. The summed E-state index contributed by atoms with van der Waals surface area (Å²) in [5, 5.41) is 0. The SMILES string of the molecule is Cl.NC1C2CCCC1CC(C(=O)N1CCN(C3CCCCC3)CC1)C2. The summed E-state index contributed by atoms with van der Waals surface area (Å²) in [4.78, 5) is 17.9. The molecular weight excluding hydrogens is 334 g/mol. The molecule has 0 aromatic carbocycles. The molecular formula is C20H36ClN3O. The summed E-state index contributed by atoms with van der Waals surface area (Å²) in [6.07, 6.45) is 12.9. The zero-order valence-corrected chi connectivity index (χ0v) is 16.4. The zero-order valence-electron chi connectivity index (χ0n) is 15.6. The van der Waals surface area contributed by atoms with Crippen molar-refractivity contribution in [2.24, 2.45) is 23.5 Å². The van der Waals surface area contributed by atoms with Gasteiger partial charge in [-0.2, -0.15) is 0 Å². The van der Waals surface area contributed by atoms with E-state index >= 15 is 0 Å². The van der Waals surface area contributed by atoms with Crippen LogP contribution in [0.5, 0.6) is 0 Å². The number of rotatable bonds is 2. The lowest BCUT2D eigenvalue weighted by Crippen LogP contribution is -2.55. The van der Waals surface area contributed by atoms with Gasteiger partial charge in [0.25, 0.3) is 0 Å². The Bertz CT molecular complexity index is 432. The van der Waals surface area contributed by atoms with Crippen molar-refractivity contribution in [1.82, 2.24) is 9.80 Å². The summed E-state index contributed by atoms with van der Waals surface area (Å²) in [6, 6.07) is 1.16. The fourth-order valence-corrected chi connectivity index (χ4v) is 6.00. The van der Waals surface area contributed by atoms with Gasteiger partial charge in [0, 0.05) is 44.2 Å². The maximum Gasteiger partial charge on any atom is 0.225 e. The fourth-order valence-electron chi connectivity index (χ4n) is 6.00. The van der Waals surface area contributed by atoms with Gasteiger partial charge in [0.15, 0.2) is 0 Å². The smallest absolute Gasteiger partial charge is 0.225 e. The molecule has 144 valence electrons. The quantitative estimate of drug-likeness (QED) is 0.813. The summed E-state index contributed by atoms with van der Waals surface area (Å²) in [5.74, 6) is 1.92. The first-order chi connectivity index (χ1) is 11.7. The molecule has 25 heavy (non-hydrogen) atoms. The highest BCUT2D eigenvalue weighted by atomic mass is 35.5. The van der Waals surface area contributed by atoms with Gasteiger partial charge in [-0.25, -0.2) is 0 Å². The molecule has 4 nitrogen and oxygen atoms in total. The third-order valence-electron chi connectivity index (χ3n) is 7.48. The fraction of sp³-hybridized carbons (Fsp3) is 0.950. The molecule has 1 amide bonds. The van der Waals surface area contributed by atoms with E-state index in [1.807, 2.05) is 0 Å². The normalized spacial score (nSPS) is 37.4. The second kappa shape index (κ2) is 8.58. The number of halogens is 1. The van der Waals surface area contributed by atoms with Gasteiger partial charge in [-0.15, -0.1) is 12.4 Å². The van der Waals surface area contributed by atoms with Crippen molar-refractivity contribution in [2.45, 2.75) is 76.3 Å². The molecule has 4 fully saturated rings. The minimum atomic E-state index is 0. The van der Waals surface area contributed by atoms with Crippen molar-refractivity contribution in [2.75, 3.05) is 26.2 Å². The minimum absolute atomic E-state index is 0. The maximum atomic E-state index is 13.0. The lowest BCUT2D eigenvalue weighted by atomic mass is 9.65. The van der Waals surface area contributed by atoms with Crippen LogP contribution in [0, 0.1) is 17.8 Å². The summed E-state index contributed by atoms with van der Waals surface area (Å²) in [5.41, 5.74) is 6.39. The van der Waals surface area contributed by atoms with Gasteiger partial charge in [-0.05, 0) is 50.4 Å². The van der Waals surface area contributed by atoms with Gasteiger partial charge in [0.1, 0.15) is 0 Å². The number of piperazine rings is 1. The number of carbonyl (C=O) groups excluding carboxylic acids is 1. The van der Waals surface area contributed by atoms with E-state index in [1.54, 1.807) is 0 Å². The summed E-state index contributed by atoms with van der Waals surface area (Å²) in [7, 11) is 0. The van der Waals surface area contributed by atoms with Crippen molar-refractivity contribution in [1.29, 1.82) is 0 Å². The maximum absolute atomic E-state index is 13.0. The van der Waals surface area contributed by atoms with E-state index in [-0.39, 0.29) is 18.3 Å². The highest BCUT2D eigenvalue weighted by Gasteiger charge is 2.42. The summed E-state index contributed by atoms with van der Waals surface area (Å²) in [6.45, 7) is 4.09. The van der Waals surface area contributed by atoms with Crippen LogP contribution >= 0.6 is 12.4 Å². The summed E-state index contributed by atoms with van der Waals surface area (Å²) >= 11 is 0. The first kappa shape index (κ1) is 19.4. The molecule has 1 saturated heterocycles. The van der Waals surface area contributed by atoms with Crippen LogP contribution in [0.15, 0.2) is 0 Å². The van der Waals surface area contributed by atoms with E-state index in [0.29, 0.717) is 23.8 Å². The van der Waals surface area contributed by atoms with Crippen molar-refractivity contribution in [3.05, 3.63) is 0 Å². The van der Waals surface area contributed by atoms with Gasteiger partial charge < -0.3 is 10.6 Å². The average Bonchev–Trinajstić information content (AvgIpc) is 2.62. The molecule has 4 rings (SSSR count). The number of amides is 1. The van der Waals surface area contributed by atoms with E-state index in [4.69, 9.17) is 5.73 Å². The van der Waals surface area contributed by atoms with Gasteiger partial charge in [-0.1, -0.05) is 25.7 Å². The minimum Gasteiger partial charge on any atom is -0.340 e. The van der Waals surface area contributed by atoms with Gasteiger partial charge in [0.05, 0.1) is 0 Å². The molecule has 1 heterocycles. The molecule has 4 aliphatic rings. The number of hydrogen-bond donors (Lipinski definition) is 1. The number of carbonyl (C=O) groups is 1. The van der Waals surface area contributed by atoms with Crippen LogP contribution < -0.4 is 5.73 Å². The van der Waals surface area contributed by atoms with E-state index in [1.165, 1.54) is 51.4 Å². The molecule has 0 spiro atoms.